The van der Waals surface area contributed by atoms with Crippen LogP contribution in [0.4, 0.5) is 0 Å². The Morgan fingerprint density at radius 2 is 0.825 bits per heavy atom. The molecular formula is C60H92N2Pd. The van der Waals surface area contributed by atoms with Gasteiger partial charge in [-0.25, -0.2) is 0 Å². The van der Waals surface area contributed by atoms with E-state index in [1.54, 1.807) is 0 Å². The van der Waals surface area contributed by atoms with Crippen molar-refractivity contribution >= 4 is 11.4 Å². The predicted molar refractivity (Wildman–Crippen MR) is 274 cm³/mol. The summed E-state index contributed by atoms with van der Waals surface area (Å²) in [4.78, 5) is 3.65. The first-order chi connectivity index (χ1) is 30.5. The van der Waals surface area contributed by atoms with E-state index in [2.05, 4.69) is 112 Å². The van der Waals surface area contributed by atoms with Gasteiger partial charge in [-0.15, -0.1) is 4.79 Å². The third-order valence-corrected chi connectivity index (χ3v) is 12.4. The molecule has 0 bridgehead atoms. The van der Waals surface area contributed by atoms with E-state index < -0.39 is 0 Å². The summed E-state index contributed by atoms with van der Waals surface area (Å²) in [6.45, 7) is 13.7. The zero-order valence-electron chi connectivity index (χ0n) is 41.7. The van der Waals surface area contributed by atoms with Gasteiger partial charge in [-0.3, -0.25) is 0 Å². The van der Waals surface area contributed by atoms with Gasteiger partial charge >= 0.3 is 5.87 Å². The minimum Gasteiger partial charge on any atom is -0.348 e. The van der Waals surface area contributed by atoms with Crippen LogP contribution in [-0.4, -0.2) is 10.7 Å². The first-order valence-corrected chi connectivity index (χ1v) is 26.5. The molecule has 0 radical (unpaired) electrons. The Morgan fingerprint density at radius 1 is 0.429 bits per heavy atom. The summed E-state index contributed by atoms with van der Waals surface area (Å²) in [5.41, 5.74) is 21.3. The third-order valence-electron chi connectivity index (χ3n) is 12.4. The molecule has 0 heterocycles. The fourth-order valence-corrected chi connectivity index (χ4v) is 8.65. The first-order valence-electron chi connectivity index (χ1n) is 26.5. The monoisotopic (exact) mass is 947 g/mol. The smallest absolute Gasteiger partial charge is 0.303 e. The van der Waals surface area contributed by atoms with Crippen LogP contribution in [0.3, 0.4) is 0 Å². The van der Waals surface area contributed by atoms with E-state index in [0.29, 0.717) is 0 Å². The normalized spacial score (nSPS) is 11.1. The van der Waals surface area contributed by atoms with Crippen molar-refractivity contribution in [2.45, 2.75) is 260 Å². The number of hydrogen-bond donors (Lipinski definition) is 0. The van der Waals surface area contributed by atoms with Gasteiger partial charge in [0.15, 0.2) is 0 Å². The van der Waals surface area contributed by atoms with E-state index in [1.807, 2.05) is 0 Å². The van der Waals surface area contributed by atoms with Crippen LogP contribution in [0.25, 0.3) is 11.1 Å². The number of rotatable bonds is 35. The van der Waals surface area contributed by atoms with E-state index in [4.69, 9.17) is 0 Å². The summed E-state index contributed by atoms with van der Waals surface area (Å²) in [6.07, 6.45) is 40.7. The Hall–Kier alpha value is -2.88. The van der Waals surface area contributed by atoms with Crippen LogP contribution < -0.4 is 0 Å². The van der Waals surface area contributed by atoms with Crippen LogP contribution >= 0.6 is 0 Å². The topological polar surface area (TPSA) is 36.4 Å². The molecule has 0 aliphatic rings. The molecule has 0 N–H and O–H groups in total. The fraction of sp³-hybridized carbons (Fsp3) is 0.667. The van der Waals surface area contributed by atoms with Crippen LogP contribution in [0, 0.1) is 23.7 Å². The minimum atomic E-state index is 0. The van der Waals surface area contributed by atoms with E-state index >= 15 is 0 Å². The molecule has 0 saturated heterocycles. The zero-order chi connectivity index (χ0) is 44.7. The van der Waals surface area contributed by atoms with E-state index in [0.717, 1.165) is 87.3 Å². The molecular weight excluding hydrogens is 855 g/mol. The maximum absolute atomic E-state index is 10.2. The molecule has 0 spiro atoms. The summed E-state index contributed by atoms with van der Waals surface area (Å²) < 4.78 is 0. The Kier molecular flexibility index (Phi) is 37.5. The van der Waals surface area contributed by atoms with Crippen molar-refractivity contribution in [3.8, 4) is 23.7 Å². The van der Waals surface area contributed by atoms with Gasteiger partial charge in [-0.2, -0.15) is 0 Å². The summed E-state index contributed by atoms with van der Waals surface area (Å²) in [5, 5.41) is 0. The summed E-state index contributed by atoms with van der Waals surface area (Å²) in [5.74, 6) is 17.6. The van der Waals surface area contributed by atoms with Gasteiger partial charge in [0.2, 0.25) is 0 Å². The molecule has 2 aromatic carbocycles. The van der Waals surface area contributed by atoms with Crippen LogP contribution in [-0.2, 0) is 33.3 Å². The van der Waals surface area contributed by atoms with Gasteiger partial charge in [0, 0.05) is 44.4 Å². The van der Waals surface area contributed by atoms with Gasteiger partial charge in [-0.1, -0.05) is 225 Å². The van der Waals surface area contributed by atoms with Gasteiger partial charge in [-0.05, 0) is 116 Å². The standard InChI is InChI=1S/C60H92N2.Pd/c1-7-13-19-24-27-29-31-36-41-54-46-55(42-37-32-30-28-25-20-14-8-2)50-58(49-54)60(59(44-18-12-6)56(51-62-61)43-38-33-26-21-15-9-3)57-47-52(39-34-22-16-10-4)45-53(48-57)40-35-23-17-11-5;/h45-50H,7-35,38-40,43-44H2,1-6H3;. The molecule has 2 rings (SSSR count). The Morgan fingerprint density at radius 3 is 1.27 bits per heavy atom. The summed E-state index contributed by atoms with van der Waals surface area (Å²) in [7, 11) is 0. The van der Waals surface area contributed by atoms with Crippen molar-refractivity contribution in [2.24, 2.45) is 0 Å². The number of nitrogens with zero attached hydrogens (tertiary/aromatic N) is 2. The molecule has 0 aliphatic carbocycles. The van der Waals surface area contributed by atoms with Gasteiger partial charge < -0.3 is 5.53 Å². The predicted octanol–water partition coefficient (Wildman–Crippen LogP) is 18.7. The first kappa shape index (κ1) is 58.1. The van der Waals surface area contributed by atoms with Crippen molar-refractivity contribution in [2.75, 3.05) is 0 Å². The molecule has 0 fully saturated rings. The molecule has 0 aromatic heterocycles. The van der Waals surface area contributed by atoms with Gasteiger partial charge in [0.05, 0.1) is 5.57 Å². The molecule has 2 nitrogen and oxygen atoms in total. The van der Waals surface area contributed by atoms with Crippen LogP contribution in [0.5, 0.6) is 0 Å². The number of allylic oxidation sites excluding steroid dienone is 2. The SMILES string of the molecule is CCCCCCCCC#Cc1cc(C#CCCCCCCCC)cc(C(=C(CCCC)C(=C=[N+]=[N-])CCCCCCCC)c2cc(CCCCCC)cc(CCCCCC)c2)c1.[Pd]. The van der Waals surface area contributed by atoms with E-state index in [-0.39, 0.29) is 20.4 Å². The minimum absolute atomic E-state index is 0. The van der Waals surface area contributed by atoms with Crippen molar-refractivity contribution in [3.63, 3.8) is 0 Å². The molecule has 0 aliphatic heterocycles. The van der Waals surface area contributed by atoms with Crippen molar-refractivity contribution in [1.82, 2.24) is 0 Å². The molecule has 0 saturated carbocycles. The second-order valence-electron chi connectivity index (χ2n) is 18.3. The van der Waals surface area contributed by atoms with Crippen molar-refractivity contribution in [1.29, 1.82) is 0 Å². The summed E-state index contributed by atoms with van der Waals surface area (Å²) >= 11 is 0. The maximum atomic E-state index is 10.2. The molecule has 0 atom stereocenters. The average Bonchev–Trinajstić information content (AvgIpc) is 3.28. The maximum Gasteiger partial charge on any atom is 0.303 e. The Labute approximate surface area is 404 Å². The van der Waals surface area contributed by atoms with Crippen LogP contribution in [0.1, 0.15) is 280 Å². The van der Waals surface area contributed by atoms with Gasteiger partial charge in [0.25, 0.3) is 0 Å². The van der Waals surface area contributed by atoms with Crippen molar-refractivity contribution < 1.29 is 25.2 Å². The van der Waals surface area contributed by atoms with E-state index in [1.165, 1.54) is 181 Å². The largest absolute Gasteiger partial charge is 0.348 e. The molecule has 352 valence electrons. The fourth-order valence-electron chi connectivity index (χ4n) is 8.65. The summed E-state index contributed by atoms with van der Waals surface area (Å²) in [6, 6.07) is 14.4. The van der Waals surface area contributed by atoms with Crippen LogP contribution in [0.15, 0.2) is 47.5 Å². The second-order valence-corrected chi connectivity index (χ2v) is 18.3. The third kappa shape index (κ3) is 27.3. The second kappa shape index (κ2) is 40.6. The molecule has 3 heteroatoms. The number of aryl methyl sites for hydroxylation is 2. The van der Waals surface area contributed by atoms with E-state index in [9.17, 15) is 5.53 Å². The Bertz CT molecular complexity index is 1650. The van der Waals surface area contributed by atoms with Crippen LogP contribution in [0.2, 0.25) is 0 Å². The number of hydrogen-bond acceptors (Lipinski definition) is 0. The molecule has 0 unspecified atom stereocenters. The molecule has 2 aromatic rings. The zero-order valence-corrected chi connectivity index (χ0v) is 43.3. The number of unbranched alkanes of at least 4 members (excludes halogenated alkanes) is 24. The Balaban J connectivity index is 0.0000198. The quantitative estimate of drug-likeness (QED) is 0.0126. The molecule has 0 amide bonds. The van der Waals surface area contributed by atoms with Gasteiger partial charge in [0.1, 0.15) is 0 Å². The number of benzene rings is 2. The average molecular weight is 948 g/mol. The molecule has 63 heavy (non-hydrogen) atoms. The van der Waals surface area contributed by atoms with Crippen molar-refractivity contribution in [3.05, 3.63) is 86.5 Å².